The predicted molar refractivity (Wildman–Crippen MR) is 122 cm³/mol. The largest absolute Gasteiger partial charge is 0.322 e. The Balaban J connectivity index is 1.53. The Morgan fingerprint density at radius 2 is 1.67 bits per heavy atom. The summed E-state index contributed by atoms with van der Waals surface area (Å²) in [6.45, 7) is 2.53. The summed E-state index contributed by atoms with van der Waals surface area (Å²) in [5.74, 6) is -0.230. The zero-order valence-corrected chi connectivity index (χ0v) is 17.5. The van der Waals surface area contributed by atoms with Gasteiger partial charge in [-0.2, -0.15) is 0 Å². The molecular weight excluding hydrogens is 396 g/mol. The van der Waals surface area contributed by atoms with Gasteiger partial charge < -0.3 is 10.2 Å². The molecule has 2 amide bonds. The maximum absolute atomic E-state index is 13.2. The van der Waals surface area contributed by atoms with E-state index in [0.29, 0.717) is 23.4 Å². The van der Waals surface area contributed by atoms with Gasteiger partial charge in [-0.3, -0.25) is 9.59 Å². The number of nitrogens with zero attached hydrogens (tertiary/aromatic N) is 1. The summed E-state index contributed by atoms with van der Waals surface area (Å²) in [7, 11) is 0. The SMILES string of the molecule is Cc1ccccc1C(=O)Nc1ccc(C(=O)N2CCCC(Cl)c3ccccc32)cc1. The predicted octanol–water partition coefficient (Wildman–Crippen LogP) is 5.97. The Kier molecular flexibility index (Phi) is 5.86. The van der Waals surface area contributed by atoms with Crippen LogP contribution in [-0.4, -0.2) is 18.4 Å². The van der Waals surface area contributed by atoms with Crippen molar-refractivity contribution in [2.24, 2.45) is 0 Å². The van der Waals surface area contributed by atoms with Crippen molar-refractivity contribution >= 4 is 34.8 Å². The van der Waals surface area contributed by atoms with Gasteiger partial charge in [0.05, 0.1) is 5.38 Å². The van der Waals surface area contributed by atoms with Crippen LogP contribution >= 0.6 is 11.6 Å². The van der Waals surface area contributed by atoms with Crippen molar-refractivity contribution < 1.29 is 9.59 Å². The van der Waals surface area contributed by atoms with Crippen LogP contribution in [-0.2, 0) is 0 Å². The lowest BCUT2D eigenvalue weighted by Gasteiger charge is -2.23. The van der Waals surface area contributed by atoms with Crippen LogP contribution in [0, 0.1) is 6.92 Å². The molecule has 3 aromatic carbocycles. The summed E-state index contributed by atoms with van der Waals surface area (Å²) in [5, 5.41) is 2.81. The van der Waals surface area contributed by atoms with Crippen LogP contribution in [0.4, 0.5) is 11.4 Å². The van der Waals surface area contributed by atoms with Crippen LogP contribution in [0.3, 0.4) is 0 Å². The summed E-state index contributed by atoms with van der Waals surface area (Å²) in [6.07, 6.45) is 1.69. The number of amides is 2. The second-order valence-electron chi connectivity index (χ2n) is 7.47. The number of aryl methyl sites for hydroxylation is 1. The van der Waals surface area contributed by atoms with Crippen molar-refractivity contribution in [2.45, 2.75) is 25.1 Å². The van der Waals surface area contributed by atoms with Crippen LogP contribution in [0.25, 0.3) is 0 Å². The van der Waals surface area contributed by atoms with Crippen molar-refractivity contribution in [1.29, 1.82) is 0 Å². The lowest BCUT2D eigenvalue weighted by Crippen LogP contribution is -2.31. The minimum atomic E-state index is -0.165. The molecule has 3 aromatic rings. The molecule has 0 aliphatic carbocycles. The number of anilines is 2. The number of hydrogen-bond donors (Lipinski definition) is 1. The number of fused-ring (bicyclic) bond motifs is 1. The molecule has 1 aliphatic rings. The Bertz CT molecular complexity index is 1080. The zero-order valence-electron chi connectivity index (χ0n) is 16.8. The van der Waals surface area contributed by atoms with Gasteiger partial charge in [0.1, 0.15) is 0 Å². The molecule has 0 bridgehead atoms. The number of hydrogen-bond acceptors (Lipinski definition) is 2. The fourth-order valence-corrected chi connectivity index (χ4v) is 4.13. The number of carbonyl (C=O) groups excluding carboxylic acids is 2. The van der Waals surface area contributed by atoms with Gasteiger partial charge in [-0.15, -0.1) is 11.6 Å². The third-order valence-electron chi connectivity index (χ3n) is 5.43. The van der Waals surface area contributed by atoms with Gasteiger partial charge in [0.15, 0.2) is 0 Å². The van der Waals surface area contributed by atoms with E-state index < -0.39 is 0 Å². The van der Waals surface area contributed by atoms with E-state index in [4.69, 9.17) is 11.6 Å². The molecular formula is C25H23ClN2O2. The van der Waals surface area contributed by atoms with E-state index in [-0.39, 0.29) is 17.2 Å². The molecule has 4 rings (SSSR count). The average molecular weight is 419 g/mol. The Hall–Kier alpha value is -3.11. The molecule has 152 valence electrons. The Morgan fingerprint density at radius 1 is 0.967 bits per heavy atom. The van der Waals surface area contributed by atoms with Gasteiger partial charge in [0.25, 0.3) is 11.8 Å². The smallest absolute Gasteiger partial charge is 0.258 e. The highest BCUT2D eigenvalue weighted by atomic mass is 35.5. The molecule has 0 aromatic heterocycles. The van der Waals surface area contributed by atoms with Crippen molar-refractivity contribution in [3.05, 3.63) is 95.1 Å². The van der Waals surface area contributed by atoms with E-state index in [0.717, 1.165) is 29.7 Å². The van der Waals surface area contributed by atoms with Gasteiger partial charge in [0, 0.05) is 29.0 Å². The van der Waals surface area contributed by atoms with Gasteiger partial charge in [0.2, 0.25) is 0 Å². The minimum Gasteiger partial charge on any atom is -0.322 e. The summed E-state index contributed by atoms with van der Waals surface area (Å²) >= 11 is 6.52. The van der Waals surface area contributed by atoms with Gasteiger partial charge in [-0.05, 0) is 67.3 Å². The van der Waals surface area contributed by atoms with E-state index in [9.17, 15) is 9.59 Å². The topological polar surface area (TPSA) is 49.4 Å². The zero-order chi connectivity index (χ0) is 21.1. The monoisotopic (exact) mass is 418 g/mol. The second-order valence-corrected chi connectivity index (χ2v) is 8.00. The van der Waals surface area contributed by atoms with E-state index in [2.05, 4.69) is 5.32 Å². The normalized spacial score (nSPS) is 15.8. The molecule has 0 fully saturated rings. The fraction of sp³-hybridized carbons (Fsp3) is 0.200. The number of carbonyl (C=O) groups is 2. The molecule has 5 heteroatoms. The molecule has 1 N–H and O–H groups in total. The lowest BCUT2D eigenvalue weighted by molar-refractivity contribution is 0.0985. The summed E-state index contributed by atoms with van der Waals surface area (Å²) < 4.78 is 0. The third-order valence-corrected chi connectivity index (χ3v) is 5.88. The fourth-order valence-electron chi connectivity index (χ4n) is 3.79. The molecule has 0 spiro atoms. The number of rotatable bonds is 3. The first-order valence-corrected chi connectivity index (χ1v) is 10.5. The second kappa shape index (κ2) is 8.72. The highest BCUT2D eigenvalue weighted by Crippen LogP contribution is 2.37. The molecule has 30 heavy (non-hydrogen) atoms. The number of nitrogens with one attached hydrogen (secondary N) is 1. The number of alkyl halides is 1. The van der Waals surface area contributed by atoms with Crippen molar-refractivity contribution in [3.8, 4) is 0 Å². The Morgan fingerprint density at radius 3 is 2.43 bits per heavy atom. The number of para-hydroxylation sites is 1. The minimum absolute atomic E-state index is 0.0648. The van der Waals surface area contributed by atoms with Gasteiger partial charge in [-0.25, -0.2) is 0 Å². The summed E-state index contributed by atoms with van der Waals surface area (Å²) in [6, 6.07) is 22.3. The lowest BCUT2D eigenvalue weighted by atomic mass is 10.1. The molecule has 0 saturated heterocycles. The Labute approximate surface area is 181 Å². The van der Waals surface area contributed by atoms with E-state index in [1.165, 1.54) is 0 Å². The average Bonchev–Trinajstić information content (AvgIpc) is 2.93. The molecule has 1 aliphatic heterocycles. The van der Waals surface area contributed by atoms with Crippen LogP contribution in [0.5, 0.6) is 0 Å². The third kappa shape index (κ3) is 4.10. The standard InChI is InChI=1S/C25H23ClN2O2/c1-17-7-2-3-8-20(17)24(29)27-19-14-12-18(13-15-19)25(30)28-16-6-10-22(26)21-9-4-5-11-23(21)28/h2-5,7-9,11-15,22H,6,10,16H2,1H3,(H,27,29). The van der Waals surface area contributed by atoms with Crippen LogP contribution in [0.2, 0.25) is 0 Å². The van der Waals surface area contributed by atoms with Crippen molar-refractivity contribution in [1.82, 2.24) is 0 Å². The summed E-state index contributed by atoms with van der Waals surface area (Å²) in [4.78, 5) is 27.5. The first kappa shape index (κ1) is 20.2. The van der Waals surface area contributed by atoms with Gasteiger partial charge in [-0.1, -0.05) is 36.4 Å². The maximum Gasteiger partial charge on any atom is 0.258 e. The highest BCUT2D eigenvalue weighted by molar-refractivity contribution is 6.21. The molecule has 1 heterocycles. The molecule has 1 unspecified atom stereocenters. The van der Waals surface area contributed by atoms with E-state index in [1.54, 1.807) is 35.2 Å². The maximum atomic E-state index is 13.2. The van der Waals surface area contributed by atoms with Gasteiger partial charge >= 0.3 is 0 Å². The molecule has 0 saturated carbocycles. The van der Waals surface area contributed by atoms with E-state index >= 15 is 0 Å². The van der Waals surface area contributed by atoms with Crippen molar-refractivity contribution in [2.75, 3.05) is 16.8 Å². The summed E-state index contributed by atoms with van der Waals surface area (Å²) in [5.41, 5.74) is 4.64. The molecule has 0 radical (unpaired) electrons. The molecule has 4 nitrogen and oxygen atoms in total. The van der Waals surface area contributed by atoms with E-state index in [1.807, 2.05) is 49.4 Å². The van der Waals surface area contributed by atoms with Crippen LogP contribution < -0.4 is 10.2 Å². The number of halogens is 1. The molecule has 1 atom stereocenters. The highest BCUT2D eigenvalue weighted by Gasteiger charge is 2.25. The van der Waals surface area contributed by atoms with Crippen LogP contribution in [0.15, 0.2) is 72.8 Å². The first-order valence-electron chi connectivity index (χ1n) is 10.1. The van der Waals surface area contributed by atoms with Crippen LogP contribution in [0.1, 0.15) is 50.1 Å². The quantitative estimate of drug-likeness (QED) is 0.533. The number of benzene rings is 3. The first-order chi connectivity index (χ1) is 14.5. The van der Waals surface area contributed by atoms with Crippen molar-refractivity contribution in [3.63, 3.8) is 0 Å².